The fourth-order valence-corrected chi connectivity index (χ4v) is 4.54. The molecule has 5 heteroatoms. The molecule has 0 radical (unpaired) electrons. The van der Waals surface area contributed by atoms with Gasteiger partial charge in [0.1, 0.15) is 6.04 Å². The predicted molar refractivity (Wildman–Crippen MR) is 133 cm³/mol. The summed E-state index contributed by atoms with van der Waals surface area (Å²) >= 11 is 3.46. The van der Waals surface area contributed by atoms with Crippen LogP contribution in [0.25, 0.3) is 0 Å². The number of halogens is 1. The van der Waals surface area contributed by atoms with Gasteiger partial charge in [0.2, 0.25) is 11.8 Å². The monoisotopic (exact) mass is 498 g/mol. The quantitative estimate of drug-likeness (QED) is 0.474. The van der Waals surface area contributed by atoms with Gasteiger partial charge in [-0.25, -0.2) is 0 Å². The van der Waals surface area contributed by atoms with Crippen LogP contribution in [0.1, 0.15) is 69.1 Å². The van der Waals surface area contributed by atoms with Crippen LogP contribution in [0.3, 0.4) is 0 Å². The number of amides is 2. The molecule has 4 nitrogen and oxygen atoms in total. The van der Waals surface area contributed by atoms with E-state index in [0.29, 0.717) is 19.4 Å². The van der Waals surface area contributed by atoms with Crippen LogP contribution >= 0.6 is 15.9 Å². The SMILES string of the molecule is CCc1ccc(CCC(=O)N(Cc2ccc(Br)cc2)C(C)C(=O)NC2CCCCC2)cc1. The molecule has 1 fully saturated rings. The van der Waals surface area contributed by atoms with Gasteiger partial charge in [-0.05, 0) is 61.4 Å². The van der Waals surface area contributed by atoms with Gasteiger partial charge in [-0.3, -0.25) is 9.59 Å². The Morgan fingerprint density at radius 2 is 1.56 bits per heavy atom. The lowest BCUT2D eigenvalue weighted by atomic mass is 9.95. The van der Waals surface area contributed by atoms with Crippen molar-refractivity contribution in [3.63, 3.8) is 0 Å². The predicted octanol–water partition coefficient (Wildman–Crippen LogP) is 5.81. The number of benzene rings is 2. The summed E-state index contributed by atoms with van der Waals surface area (Å²) in [7, 11) is 0. The molecular weight excluding hydrogens is 464 g/mol. The third-order valence-electron chi connectivity index (χ3n) is 6.44. The first-order chi connectivity index (χ1) is 15.5. The topological polar surface area (TPSA) is 49.4 Å². The standard InChI is InChI=1S/C27H35BrN2O2/c1-3-21-9-11-22(12-10-21)15-18-26(31)30(19-23-13-16-24(28)17-14-23)20(2)27(32)29-25-7-5-4-6-8-25/h9-14,16-17,20,25H,3-8,15,18-19H2,1-2H3,(H,29,32). The number of aryl methyl sites for hydroxylation is 2. The number of carbonyl (C=O) groups excluding carboxylic acids is 2. The van der Waals surface area contributed by atoms with Crippen molar-refractivity contribution in [3.05, 3.63) is 69.7 Å². The second-order valence-electron chi connectivity index (χ2n) is 8.84. The van der Waals surface area contributed by atoms with E-state index >= 15 is 0 Å². The summed E-state index contributed by atoms with van der Waals surface area (Å²) in [6, 6.07) is 16.1. The first-order valence-corrected chi connectivity index (χ1v) is 12.7. The normalized spacial score (nSPS) is 15.2. The molecule has 0 aromatic heterocycles. The maximum atomic E-state index is 13.3. The fraction of sp³-hybridized carbons (Fsp3) is 0.481. The average Bonchev–Trinajstić information content (AvgIpc) is 2.82. The minimum atomic E-state index is -0.504. The highest BCUT2D eigenvalue weighted by Gasteiger charge is 2.27. The molecule has 0 heterocycles. The van der Waals surface area contributed by atoms with Crippen LogP contribution in [-0.2, 0) is 29.0 Å². The van der Waals surface area contributed by atoms with Crippen molar-refractivity contribution in [1.29, 1.82) is 0 Å². The maximum Gasteiger partial charge on any atom is 0.242 e. The zero-order valence-corrected chi connectivity index (χ0v) is 20.9. The van der Waals surface area contributed by atoms with Crippen LogP contribution in [0.5, 0.6) is 0 Å². The van der Waals surface area contributed by atoms with Crippen LogP contribution < -0.4 is 5.32 Å². The fourth-order valence-electron chi connectivity index (χ4n) is 4.27. The number of rotatable bonds is 9. The Morgan fingerprint density at radius 3 is 2.19 bits per heavy atom. The Kier molecular flexibility index (Phi) is 9.34. The molecule has 3 rings (SSSR count). The molecule has 2 aromatic carbocycles. The third kappa shape index (κ3) is 7.19. The lowest BCUT2D eigenvalue weighted by Crippen LogP contribution is -2.50. The highest BCUT2D eigenvalue weighted by Crippen LogP contribution is 2.19. The van der Waals surface area contributed by atoms with Crippen molar-refractivity contribution in [3.8, 4) is 0 Å². The summed E-state index contributed by atoms with van der Waals surface area (Å²) in [5.74, 6) is -0.0339. The van der Waals surface area contributed by atoms with E-state index < -0.39 is 6.04 Å². The zero-order chi connectivity index (χ0) is 22.9. The van der Waals surface area contributed by atoms with Crippen molar-refractivity contribution < 1.29 is 9.59 Å². The molecule has 1 saturated carbocycles. The van der Waals surface area contributed by atoms with Gasteiger partial charge in [0.15, 0.2) is 0 Å². The van der Waals surface area contributed by atoms with Crippen LogP contribution in [0.15, 0.2) is 53.0 Å². The second-order valence-corrected chi connectivity index (χ2v) is 9.75. The first kappa shape index (κ1) is 24.5. The largest absolute Gasteiger partial charge is 0.352 e. The van der Waals surface area contributed by atoms with Crippen molar-refractivity contribution in [2.45, 2.75) is 83.8 Å². The minimum Gasteiger partial charge on any atom is -0.352 e. The van der Waals surface area contributed by atoms with Crippen molar-refractivity contribution in [2.75, 3.05) is 0 Å². The molecular formula is C27H35BrN2O2. The van der Waals surface area contributed by atoms with Crippen LogP contribution in [0.2, 0.25) is 0 Å². The molecule has 1 atom stereocenters. The van der Waals surface area contributed by atoms with Gasteiger partial charge >= 0.3 is 0 Å². The number of hydrogen-bond donors (Lipinski definition) is 1. The Morgan fingerprint density at radius 1 is 0.969 bits per heavy atom. The van der Waals surface area contributed by atoms with Crippen molar-refractivity contribution >= 4 is 27.7 Å². The lowest BCUT2D eigenvalue weighted by Gasteiger charge is -2.31. The Hall–Kier alpha value is -2.14. The summed E-state index contributed by atoms with van der Waals surface area (Å²) < 4.78 is 0.998. The first-order valence-electron chi connectivity index (χ1n) is 11.9. The van der Waals surface area contributed by atoms with Gasteiger partial charge < -0.3 is 10.2 Å². The van der Waals surface area contributed by atoms with E-state index in [1.807, 2.05) is 31.2 Å². The van der Waals surface area contributed by atoms with Gasteiger partial charge in [-0.1, -0.05) is 78.5 Å². The lowest BCUT2D eigenvalue weighted by molar-refractivity contribution is -0.141. The molecule has 1 aliphatic carbocycles. The summed E-state index contributed by atoms with van der Waals surface area (Å²) in [5, 5.41) is 3.19. The number of nitrogens with one attached hydrogen (secondary N) is 1. The highest BCUT2D eigenvalue weighted by molar-refractivity contribution is 9.10. The maximum absolute atomic E-state index is 13.3. The van der Waals surface area contributed by atoms with E-state index in [1.165, 1.54) is 12.0 Å². The molecule has 1 aliphatic rings. The number of nitrogens with zero attached hydrogens (tertiary/aromatic N) is 1. The third-order valence-corrected chi connectivity index (χ3v) is 6.97. The Balaban J connectivity index is 1.68. The summed E-state index contributed by atoms with van der Waals surface area (Å²) in [5.41, 5.74) is 3.47. The molecule has 0 aliphatic heterocycles. The molecule has 0 bridgehead atoms. The summed E-state index contributed by atoms with van der Waals surface area (Å²) in [6.07, 6.45) is 7.72. The Labute approximate surface area is 200 Å². The van der Waals surface area contributed by atoms with E-state index in [1.54, 1.807) is 4.90 Å². The van der Waals surface area contributed by atoms with Gasteiger partial charge in [-0.15, -0.1) is 0 Å². The van der Waals surface area contributed by atoms with Crippen LogP contribution in [0, 0.1) is 0 Å². The van der Waals surface area contributed by atoms with Gasteiger partial charge in [-0.2, -0.15) is 0 Å². The molecule has 1 unspecified atom stereocenters. The van der Waals surface area contributed by atoms with E-state index in [-0.39, 0.29) is 17.9 Å². The van der Waals surface area contributed by atoms with Crippen molar-refractivity contribution in [2.24, 2.45) is 0 Å². The molecule has 172 valence electrons. The van der Waals surface area contributed by atoms with E-state index in [9.17, 15) is 9.59 Å². The van der Waals surface area contributed by atoms with E-state index in [2.05, 4.69) is 52.4 Å². The summed E-state index contributed by atoms with van der Waals surface area (Å²) in [4.78, 5) is 28.1. The minimum absolute atomic E-state index is 0.0128. The van der Waals surface area contributed by atoms with E-state index in [0.717, 1.165) is 47.7 Å². The van der Waals surface area contributed by atoms with Crippen LogP contribution in [-0.4, -0.2) is 28.8 Å². The summed E-state index contributed by atoms with van der Waals surface area (Å²) in [6.45, 7) is 4.42. The van der Waals surface area contributed by atoms with Gasteiger partial charge in [0, 0.05) is 23.5 Å². The number of hydrogen-bond acceptors (Lipinski definition) is 2. The number of carbonyl (C=O) groups is 2. The van der Waals surface area contributed by atoms with Crippen molar-refractivity contribution in [1.82, 2.24) is 10.2 Å². The molecule has 32 heavy (non-hydrogen) atoms. The zero-order valence-electron chi connectivity index (χ0n) is 19.3. The second kappa shape index (κ2) is 12.2. The highest BCUT2D eigenvalue weighted by atomic mass is 79.9. The average molecular weight is 499 g/mol. The Bertz CT molecular complexity index is 874. The smallest absolute Gasteiger partial charge is 0.242 e. The molecule has 0 saturated heterocycles. The molecule has 2 aromatic rings. The molecule has 1 N–H and O–H groups in total. The van der Waals surface area contributed by atoms with E-state index in [4.69, 9.17) is 0 Å². The molecule has 2 amide bonds. The van der Waals surface area contributed by atoms with Crippen LogP contribution in [0.4, 0.5) is 0 Å². The molecule has 0 spiro atoms. The van der Waals surface area contributed by atoms with Gasteiger partial charge in [0.05, 0.1) is 0 Å². The van der Waals surface area contributed by atoms with Gasteiger partial charge in [0.25, 0.3) is 0 Å².